The topological polar surface area (TPSA) is 105 Å². The number of nitrogens with two attached hydrogens (primary N) is 1. The molecule has 3 atom stereocenters. The minimum atomic E-state index is -0.599. The van der Waals surface area contributed by atoms with Crippen LogP contribution in [0.25, 0.3) is 0 Å². The van der Waals surface area contributed by atoms with E-state index in [1.165, 1.54) is 0 Å². The van der Waals surface area contributed by atoms with Crippen molar-refractivity contribution < 1.29 is 19.1 Å². The van der Waals surface area contributed by atoms with E-state index < -0.39 is 11.9 Å². The van der Waals surface area contributed by atoms with Gasteiger partial charge in [-0.05, 0) is 30.5 Å². The molecule has 26 heavy (non-hydrogen) atoms. The van der Waals surface area contributed by atoms with E-state index in [9.17, 15) is 14.4 Å². The number of fused-ring (bicyclic) bond motifs is 4. The first-order chi connectivity index (χ1) is 12.5. The van der Waals surface area contributed by atoms with Crippen molar-refractivity contribution in [3.05, 3.63) is 23.3 Å². The lowest BCUT2D eigenvalue weighted by Crippen LogP contribution is -2.52. The molecule has 4 aliphatic rings. The zero-order valence-electron chi connectivity index (χ0n) is 14.2. The second-order valence-corrected chi connectivity index (χ2v) is 7.49. The maximum atomic E-state index is 12.9. The Hall–Kier alpha value is -2.61. The van der Waals surface area contributed by atoms with E-state index in [4.69, 9.17) is 10.5 Å². The van der Waals surface area contributed by atoms with Gasteiger partial charge in [-0.1, -0.05) is 0 Å². The molecule has 3 amide bonds. The molecule has 0 aliphatic carbocycles. The number of ether oxygens (including phenoxy) is 1. The fourth-order valence-corrected chi connectivity index (χ4v) is 4.51. The van der Waals surface area contributed by atoms with E-state index in [1.54, 1.807) is 11.0 Å². The normalized spacial score (nSPS) is 29.9. The van der Waals surface area contributed by atoms with Gasteiger partial charge in [-0.3, -0.25) is 19.7 Å². The van der Waals surface area contributed by atoms with E-state index in [0.717, 1.165) is 24.2 Å². The van der Waals surface area contributed by atoms with Gasteiger partial charge in [-0.15, -0.1) is 0 Å². The third-order valence-electron chi connectivity index (χ3n) is 5.79. The summed E-state index contributed by atoms with van der Waals surface area (Å²) in [7, 11) is 0. The number of hydrogen-bond donors (Lipinski definition) is 2. The number of carbonyl (C=O) groups excluding carboxylic acids is 3. The highest BCUT2D eigenvalue weighted by Gasteiger charge is 2.42. The Labute approximate surface area is 150 Å². The van der Waals surface area contributed by atoms with Gasteiger partial charge in [-0.2, -0.15) is 0 Å². The largest absolute Gasteiger partial charge is 0.489 e. The van der Waals surface area contributed by atoms with Crippen molar-refractivity contribution in [2.24, 2.45) is 5.73 Å². The highest BCUT2D eigenvalue weighted by Crippen LogP contribution is 2.42. The molecule has 1 aromatic rings. The standard InChI is InChI=1S/C18H20N4O4/c19-10-4-11-8-26-15-5-12-9(3-14(15)21(11)7-10)6-22(18(12)25)13-1-2-16(23)20-17(13)24/h3,5,10-11,13H,1-2,4,6-8,19H2,(H,20,23,24)/t10-,11-,13?/m0/s1. The van der Waals surface area contributed by atoms with Crippen LogP contribution in [0.3, 0.4) is 0 Å². The van der Waals surface area contributed by atoms with Crippen LogP contribution < -0.4 is 20.7 Å². The average molecular weight is 356 g/mol. The minimum Gasteiger partial charge on any atom is -0.489 e. The first-order valence-corrected chi connectivity index (χ1v) is 8.98. The summed E-state index contributed by atoms with van der Waals surface area (Å²) in [5, 5.41) is 2.33. The molecule has 136 valence electrons. The monoisotopic (exact) mass is 356 g/mol. The second kappa shape index (κ2) is 5.44. The summed E-state index contributed by atoms with van der Waals surface area (Å²) in [6, 6.07) is 3.60. The van der Waals surface area contributed by atoms with Gasteiger partial charge in [0.25, 0.3) is 5.91 Å². The van der Waals surface area contributed by atoms with Gasteiger partial charge in [0, 0.05) is 31.1 Å². The molecule has 3 N–H and O–H groups in total. The van der Waals surface area contributed by atoms with Gasteiger partial charge >= 0.3 is 0 Å². The van der Waals surface area contributed by atoms with Gasteiger partial charge in [0.05, 0.1) is 11.7 Å². The molecule has 2 fully saturated rings. The molecule has 8 nitrogen and oxygen atoms in total. The number of amides is 3. The molecule has 4 aliphatic heterocycles. The molecule has 2 saturated heterocycles. The number of anilines is 1. The number of benzene rings is 1. The third kappa shape index (κ3) is 2.21. The predicted octanol–water partition coefficient (Wildman–Crippen LogP) is -0.254. The Morgan fingerprint density at radius 1 is 1.19 bits per heavy atom. The van der Waals surface area contributed by atoms with Gasteiger partial charge < -0.3 is 20.3 Å². The predicted molar refractivity (Wildman–Crippen MR) is 91.7 cm³/mol. The summed E-state index contributed by atoms with van der Waals surface area (Å²) in [5.41, 5.74) is 8.55. The van der Waals surface area contributed by atoms with E-state index >= 15 is 0 Å². The van der Waals surface area contributed by atoms with E-state index in [2.05, 4.69) is 10.2 Å². The van der Waals surface area contributed by atoms with E-state index in [1.807, 2.05) is 6.07 Å². The smallest absolute Gasteiger partial charge is 0.255 e. The number of piperidine rings is 1. The summed E-state index contributed by atoms with van der Waals surface area (Å²) < 4.78 is 5.88. The number of carbonyl (C=O) groups is 3. The average Bonchev–Trinajstić information content (AvgIpc) is 3.13. The fourth-order valence-electron chi connectivity index (χ4n) is 4.51. The van der Waals surface area contributed by atoms with Crippen molar-refractivity contribution in [2.75, 3.05) is 18.1 Å². The molecule has 5 rings (SSSR count). The number of nitrogens with zero attached hydrogens (tertiary/aromatic N) is 2. The quantitative estimate of drug-likeness (QED) is 0.672. The van der Waals surface area contributed by atoms with Crippen molar-refractivity contribution in [1.29, 1.82) is 0 Å². The number of imide groups is 1. The lowest BCUT2D eigenvalue weighted by atomic mass is 10.0. The van der Waals surface area contributed by atoms with Gasteiger partial charge in [0.15, 0.2) is 0 Å². The lowest BCUT2D eigenvalue weighted by molar-refractivity contribution is -0.136. The SMILES string of the molecule is N[C@H]1C[C@H]2COc3cc4c(cc3N2C1)CN(C1CCC(=O)NC1=O)C4=O. The van der Waals surface area contributed by atoms with Crippen molar-refractivity contribution in [3.8, 4) is 5.75 Å². The molecule has 0 saturated carbocycles. The molecular formula is C18H20N4O4. The summed E-state index contributed by atoms with van der Waals surface area (Å²) in [4.78, 5) is 40.2. The lowest BCUT2D eigenvalue weighted by Gasteiger charge is -2.33. The highest BCUT2D eigenvalue weighted by molar-refractivity contribution is 6.05. The zero-order valence-corrected chi connectivity index (χ0v) is 14.2. The second-order valence-electron chi connectivity index (χ2n) is 7.49. The molecule has 8 heteroatoms. The van der Waals surface area contributed by atoms with Crippen LogP contribution in [0.5, 0.6) is 5.75 Å². The maximum absolute atomic E-state index is 12.9. The maximum Gasteiger partial charge on any atom is 0.255 e. The van der Waals surface area contributed by atoms with Crippen LogP contribution in [0, 0.1) is 0 Å². The Morgan fingerprint density at radius 3 is 2.85 bits per heavy atom. The van der Waals surface area contributed by atoms with E-state index in [0.29, 0.717) is 30.9 Å². The van der Waals surface area contributed by atoms with Gasteiger partial charge in [-0.25, -0.2) is 0 Å². The van der Waals surface area contributed by atoms with Crippen LogP contribution in [0.15, 0.2) is 12.1 Å². The Kier molecular flexibility index (Phi) is 3.27. The van der Waals surface area contributed by atoms with Gasteiger partial charge in [0.2, 0.25) is 11.8 Å². The summed E-state index contributed by atoms with van der Waals surface area (Å²) >= 11 is 0. The molecule has 0 aromatic heterocycles. The molecule has 1 aromatic carbocycles. The summed E-state index contributed by atoms with van der Waals surface area (Å²) in [5.74, 6) is -0.154. The van der Waals surface area contributed by atoms with Crippen molar-refractivity contribution in [1.82, 2.24) is 10.2 Å². The highest BCUT2D eigenvalue weighted by atomic mass is 16.5. The van der Waals surface area contributed by atoms with E-state index in [-0.39, 0.29) is 30.3 Å². The molecule has 4 heterocycles. The minimum absolute atomic E-state index is 0.129. The summed E-state index contributed by atoms with van der Waals surface area (Å²) in [6.07, 6.45) is 1.52. The molecule has 0 bridgehead atoms. The van der Waals surface area contributed by atoms with Crippen LogP contribution in [-0.4, -0.2) is 53.9 Å². The number of hydrogen-bond acceptors (Lipinski definition) is 6. The van der Waals surface area contributed by atoms with Crippen molar-refractivity contribution in [2.45, 2.75) is 43.9 Å². The number of rotatable bonds is 1. The Balaban J connectivity index is 1.46. The van der Waals surface area contributed by atoms with Crippen molar-refractivity contribution >= 4 is 23.4 Å². The Bertz CT molecular complexity index is 839. The van der Waals surface area contributed by atoms with Crippen LogP contribution in [0.4, 0.5) is 5.69 Å². The van der Waals surface area contributed by atoms with Gasteiger partial charge in [0.1, 0.15) is 18.4 Å². The first kappa shape index (κ1) is 15.6. The summed E-state index contributed by atoms with van der Waals surface area (Å²) in [6.45, 7) is 1.73. The molecule has 0 spiro atoms. The van der Waals surface area contributed by atoms with Crippen molar-refractivity contribution in [3.63, 3.8) is 0 Å². The molecular weight excluding hydrogens is 336 g/mol. The van der Waals surface area contributed by atoms with Crippen LogP contribution in [0.1, 0.15) is 35.2 Å². The van der Waals surface area contributed by atoms with Crippen LogP contribution >= 0.6 is 0 Å². The fraction of sp³-hybridized carbons (Fsp3) is 0.500. The van der Waals surface area contributed by atoms with Crippen LogP contribution in [-0.2, 0) is 16.1 Å². The zero-order chi connectivity index (χ0) is 18.0. The van der Waals surface area contributed by atoms with Crippen LogP contribution in [0.2, 0.25) is 0 Å². The first-order valence-electron chi connectivity index (χ1n) is 8.98. The third-order valence-corrected chi connectivity index (χ3v) is 5.79. The Morgan fingerprint density at radius 2 is 2.04 bits per heavy atom. The number of nitrogens with one attached hydrogen (secondary N) is 1. The molecule has 0 radical (unpaired) electrons. The molecule has 1 unspecified atom stereocenters.